The van der Waals surface area contributed by atoms with E-state index in [0.29, 0.717) is 23.4 Å². The van der Waals surface area contributed by atoms with E-state index in [4.69, 9.17) is 9.47 Å². The number of rotatable bonds is 7. The van der Waals surface area contributed by atoms with Crippen LogP contribution in [-0.2, 0) is 4.79 Å². The van der Waals surface area contributed by atoms with Crippen LogP contribution in [0.2, 0.25) is 0 Å². The standard InChI is InChI=1S/C25H28N4O3/c1-31-22-14-20-21(15-23(22)32-2)26-16-27-25(20)29-19-11-8-17(9-12-19)10-13-24(30)28-18-6-4-3-5-7-18/h8-16,18H,3-7H2,1-2H3,(H,28,30)(H,26,27,29). The van der Waals surface area contributed by atoms with Crippen LogP contribution in [0.25, 0.3) is 17.0 Å². The van der Waals surface area contributed by atoms with Gasteiger partial charge >= 0.3 is 0 Å². The molecule has 1 aromatic heterocycles. The average Bonchev–Trinajstić information content (AvgIpc) is 2.83. The number of amides is 1. The largest absolute Gasteiger partial charge is 0.493 e. The Bertz CT molecular complexity index is 1110. The van der Waals surface area contributed by atoms with E-state index in [2.05, 4.69) is 20.6 Å². The highest BCUT2D eigenvalue weighted by molar-refractivity contribution is 5.93. The van der Waals surface area contributed by atoms with E-state index in [9.17, 15) is 4.79 Å². The fourth-order valence-corrected chi connectivity index (χ4v) is 3.97. The molecule has 0 atom stereocenters. The summed E-state index contributed by atoms with van der Waals surface area (Å²) in [6.45, 7) is 0. The molecule has 1 saturated carbocycles. The first-order valence-corrected chi connectivity index (χ1v) is 10.9. The van der Waals surface area contributed by atoms with Crippen molar-refractivity contribution in [1.82, 2.24) is 15.3 Å². The quantitative estimate of drug-likeness (QED) is 0.519. The van der Waals surface area contributed by atoms with Crippen molar-refractivity contribution in [2.75, 3.05) is 19.5 Å². The van der Waals surface area contributed by atoms with Gasteiger partial charge in [-0.3, -0.25) is 4.79 Å². The predicted octanol–water partition coefficient (Wildman–Crippen LogP) is 4.85. The van der Waals surface area contributed by atoms with Gasteiger partial charge in [0.05, 0.1) is 19.7 Å². The van der Waals surface area contributed by atoms with E-state index in [0.717, 1.165) is 35.0 Å². The van der Waals surface area contributed by atoms with Crippen molar-refractivity contribution in [3.8, 4) is 11.5 Å². The van der Waals surface area contributed by atoms with Gasteiger partial charge in [0.2, 0.25) is 5.91 Å². The van der Waals surface area contributed by atoms with Gasteiger partial charge in [-0.2, -0.15) is 0 Å². The summed E-state index contributed by atoms with van der Waals surface area (Å²) in [5.41, 5.74) is 2.58. The van der Waals surface area contributed by atoms with Crippen LogP contribution in [0.15, 0.2) is 48.8 Å². The summed E-state index contributed by atoms with van der Waals surface area (Å²) < 4.78 is 10.8. The third kappa shape index (κ3) is 5.17. The SMILES string of the molecule is COc1cc2ncnc(Nc3ccc(C=CC(=O)NC4CCCCC4)cc3)c2cc1OC. The highest BCUT2D eigenvalue weighted by Gasteiger charge is 2.14. The van der Waals surface area contributed by atoms with Crippen molar-refractivity contribution < 1.29 is 14.3 Å². The molecule has 1 amide bonds. The number of hydrogen-bond acceptors (Lipinski definition) is 6. The molecule has 166 valence electrons. The van der Waals surface area contributed by atoms with Gasteiger partial charge in [0.1, 0.15) is 12.1 Å². The summed E-state index contributed by atoms with van der Waals surface area (Å²) in [5.74, 6) is 1.88. The van der Waals surface area contributed by atoms with Gasteiger partial charge in [0.15, 0.2) is 11.5 Å². The molecule has 0 spiro atoms. The molecule has 0 bridgehead atoms. The number of methoxy groups -OCH3 is 2. The maximum atomic E-state index is 12.2. The van der Waals surface area contributed by atoms with E-state index in [1.807, 2.05) is 42.5 Å². The first kappa shape index (κ1) is 21.6. The summed E-state index contributed by atoms with van der Waals surface area (Å²) in [7, 11) is 3.20. The van der Waals surface area contributed by atoms with Crippen LogP contribution in [0.3, 0.4) is 0 Å². The molecule has 1 fully saturated rings. The predicted molar refractivity (Wildman–Crippen MR) is 126 cm³/mol. The number of carbonyl (C=O) groups is 1. The lowest BCUT2D eigenvalue weighted by molar-refractivity contribution is -0.117. The van der Waals surface area contributed by atoms with Crippen LogP contribution >= 0.6 is 0 Å². The van der Waals surface area contributed by atoms with Crippen molar-refractivity contribution in [2.45, 2.75) is 38.1 Å². The first-order valence-electron chi connectivity index (χ1n) is 10.9. The molecule has 2 N–H and O–H groups in total. The second kappa shape index (κ2) is 10.1. The Morgan fingerprint density at radius 3 is 2.44 bits per heavy atom. The summed E-state index contributed by atoms with van der Waals surface area (Å²) in [6, 6.07) is 11.8. The molecule has 2 aromatic carbocycles. The van der Waals surface area contributed by atoms with Crippen LogP contribution < -0.4 is 20.1 Å². The number of anilines is 2. The van der Waals surface area contributed by atoms with E-state index >= 15 is 0 Å². The lowest BCUT2D eigenvalue weighted by atomic mass is 9.95. The van der Waals surface area contributed by atoms with E-state index in [-0.39, 0.29) is 5.91 Å². The first-order chi connectivity index (χ1) is 15.7. The number of aromatic nitrogens is 2. The smallest absolute Gasteiger partial charge is 0.244 e. The van der Waals surface area contributed by atoms with Crippen LogP contribution in [0.1, 0.15) is 37.7 Å². The number of fused-ring (bicyclic) bond motifs is 1. The van der Waals surface area contributed by atoms with Gasteiger partial charge in [-0.25, -0.2) is 9.97 Å². The van der Waals surface area contributed by atoms with Gasteiger partial charge in [0, 0.05) is 29.3 Å². The minimum Gasteiger partial charge on any atom is -0.493 e. The number of nitrogens with one attached hydrogen (secondary N) is 2. The third-order valence-corrected chi connectivity index (χ3v) is 5.69. The van der Waals surface area contributed by atoms with E-state index < -0.39 is 0 Å². The Morgan fingerprint density at radius 1 is 1.00 bits per heavy atom. The molecule has 1 aliphatic carbocycles. The molecule has 7 nitrogen and oxygen atoms in total. The third-order valence-electron chi connectivity index (χ3n) is 5.69. The number of hydrogen-bond donors (Lipinski definition) is 2. The topological polar surface area (TPSA) is 85.4 Å². The van der Waals surface area contributed by atoms with Crippen molar-refractivity contribution >= 4 is 34.4 Å². The Balaban J connectivity index is 1.44. The second-order valence-corrected chi connectivity index (χ2v) is 7.87. The Kier molecular flexibility index (Phi) is 6.84. The average molecular weight is 433 g/mol. The van der Waals surface area contributed by atoms with Crippen molar-refractivity contribution in [2.24, 2.45) is 0 Å². The number of benzene rings is 2. The fourth-order valence-electron chi connectivity index (χ4n) is 3.97. The Morgan fingerprint density at radius 2 is 1.72 bits per heavy atom. The summed E-state index contributed by atoms with van der Waals surface area (Å²) >= 11 is 0. The molecule has 4 rings (SSSR count). The zero-order valence-electron chi connectivity index (χ0n) is 18.4. The molecular weight excluding hydrogens is 404 g/mol. The zero-order valence-corrected chi connectivity index (χ0v) is 18.4. The molecular formula is C25H28N4O3. The summed E-state index contributed by atoms with van der Waals surface area (Å²) in [4.78, 5) is 20.9. The maximum Gasteiger partial charge on any atom is 0.244 e. The molecule has 3 aromatic rings. The maximum absolute atomic E-state index is 12.2. The van der Waals surface area contributed by atoms with Crippen molar-refractivity contribution in [3.63, 3.8) is 0 Å². The van der Waals surface area contributed by atoms with Gasteiger partial charge < -0.3 is 20.1 Å². The Hall–Kier alpha value is -3.61. The monoisotopic (exact) mass is 432 g/mol. The molecule has 0 saturated heterocycles. The molecule has 1 heterocycles. The van der Waals surface area contributed by atoms with Gasteiger partial charge in [-0.05, 0) is 42.7 Å². The highest BCUT2D eigenvalue weighted by atomic mass is 16.5. The Labute approximate surface area is 187 Å². The fraction of sp³-hybridized carbons (Fsp3) is 0.320. The summed E-state index contributed by atoms with van der Waals surface area (Å²) in [5, 5.41) is 7.25. The minimum absolute atomic E-state index is 0.0315. The molecule has 0 aliphatic heterocycles. The normalized spacial score (nSPS) is 14.4. The second-order valence-electron chi connectivity index (χ2n) is 7.87. The van der Waals surface area contributed by atoms with Gasteiger partial charge in [0.25, 0.3) is 0 Å². The minimum atomic E-state index is -0.0315. The molecule has 0 unspecified atom stereocenters. The number of ether oxygens (including phenoxy) is 2. The lowest BCUT2D eigenvalue weighted by Crippen LogP contribution is -2.34. The molecule has 1 aliphatic rings. The van der Waals surface area contributed by atoms with Crippen LogP contribution in [0.4, 0.5) is 11.5 Å². The zero-order chi connectivity index (χ0) is 22.3. The molecule has 0 radical (unpaired) electrons. The van der Waals surface area contributed by atoms with E-state index in [1.54, 1.807) is 20.3 Å². The molecule has 32 heavy (non-hydrogen) atoms. The number of carbonyl (C=O) groups excluding carboxylic acids is 1. The van der Waals surface area contributed by atoms with Crippen molar-refractivity contribution in [3.05, 3.63) is 54.4 Å². The van der Waals surface area contributed by atoms with E-state index in [1.165, 1.54) is 25.6 Å². The van der Waals surface area contributed by atoms with Crippen molar-refractivity contribution in [1.29, 1.82) is 0 Å². The summed E-state index contributed by atoms with van der Waals surface area (Å²) in [6.07, 6.45) is 10.8. The van der Waals surface area contributed by atoms with Crippen LogP contribution in [0, 0.1) is 0 Å². The molecule has 7 heteroatoms. The van der Waals surface area contributed by atoms with Gasteiger partial charge in [-0.1, -0.05) is 31.4 Å². The van der Waals surface area contributed by atoms with Crippen LogP contribution in [0.5, 0.6) is 11.5 Å². The van der Waals surface area contributed by atoms with Crippen LogP contribution in [-0.4, -0.2) is 36.1 Å². The lowest BCUT2D eigenvalue weighted by Gasteiger charge is -2.21. The highest BCUT2D eigenvalue weighted by Crippen LogP contribution is 2.34. The number of nitrogens with zero attached hydrogens (tertiary/aromatic N) is 2. The van der Waals surface area contributed by atoms with Gasteiger partial charge in [-0.15, -0.1) is 0 Å².